The highest BCUT2D eigenvalue weighted by molar-refractivity contribution is 5.96. The summed E-state index contributed by atoms with van der Waals surface area (Å²) < 4.78 is 0. The molecule has 0 amide bonds. The minimum Gasteiger partial charge on any atom is -0.508 e. The fourth-order valence-corrected chi connectivity index (χ4v) is 7.54. The molecule has 0 saturated heterocycles. The molecule has 1 aliphatic rings. The number of para-hydroxylation sites is 1. The molecule has 1 unspecified atom stereocenters. The molecule has 1 aromatic heterocycles. The minimum atomic E-state index is -0.693. The highest BCUT2D eigenvalue weighted by Gasteiger charge is 2.48. The lowest BCUT2D eigenvalue weighted by Gasteiger charge is -2.34. The van der Waals surface area contributed by atoms with Crippen molar-refractivity contribution in [3.8, 4) is 62.2 Å². The van der Waals surface area contributed by atoms with Gasteiger partial charge in [0.05, 0.1) is 5.41 Å². The second kappa shape index (κ2) is 12.1. The van der Waals surface area contributed by atoms with Crippen molar-refractivity contribution in [3.05, 3.63) is 204 Å². The highest BCUT2D eigenvalue weighted by Crippen LogP contribution is 2.59. The number of benzene rings is 7. The van der Waals surface area contributed by atoms with E-state index in [4.69, 9.17) is 15.0 Å². The Bertz CT molecular complexity index is 2420. The molecule has 9 rings (SSSR count). The molecule has 0 aliphatic heterocycles. The van der Waals surface area contributed by atoms with E-state index in [1.54, 1.807) is 6.07 Å². The second-order valence-electron chi connectivity index (χ2n) is 12.5. The molecule has 236 valence electrons. The van der Waals surface area contributed by atoms with Crippen LogP contribution in [0.2, 0.25) is 0 Å². The standard InChI is InChI=1S/C46H31N3O/c50-41-26-13-12-24-39(41)46(35-19-8-3-9-20-35)38-23-11-10-21-37(38)42-36(22-14-25-40(42)46)31-27-29-34(30-28-31)45-48-43(32-15-4-1-5-16-32)47-44(49-45)33-17-6-2-7-18-33/h1-30,50H. The van der Waals surface area contributed by atoms with Gasteiger partial charge in [-0.3, -0.25) is 0 Å². The summed E-state index contributed by atoms with van der Waals surface area (Å²) in [6, 6.07) is 62.0. The van der Waals surface area contributed by atoms with E-state index in [1.807, 2.05) is 78.9 Å². The smallest absolute Gasteiger partial charge is 0.164 e. The van der Waals surface area contributed by atoms with Crippen molar-refractivity contribution in [3.63, 3.8) is 0 Å². The molecule has 4 nitrogen and oxygen atoms in total. The zero-order valence-electron chi connectivity index (χ0n) is 27.1. The van der Waals surface area contributed by atoms with Gasteiger partial charge in [-0.1, -0.05) is 176 Å². The summed E-state index contributed by atoms with van der Waals surface area (Å²) in [6.45, 7) is 0. The summed E-state index contributed by atoms with van der Waals surface area (Å²) in [7, 11) is 0. The lowest BCUT2D eigenvalue weighted by Crippen LogP contribution is -2.28. The molecule has 0 bridgehead atoms. The van der Waals surface area contributed by atoms with Gasteiger partial charge < -0.3 is 5.11 Å². The first kappa shape index (κ1) is 29.5. The third-order valence-electron chi connectivity index (χ3n) is 9.74. The van der Waals surface area contributed by atoms with Crippen LogP contribution in [0.4, 0.5) is 0 Å². The van der Waals surface area contributed by atoms with Crippen molar-refractivity contribution < 1.29 is 5.11 Å². The zero-order valence-corrected chi connectivity index (χ0v) is 27.1. The molecule has 4 heteroatoms. The Morgan fingerprint density at radius 2 is 0.780 bits per heavy atom. The summed E-state index contributed by atoms with van der Waals surface area (Å²) in [6.07, 6.45) is 0. The van der Waals surface area contributed by atoms with E-state index in [0.29, 0.717) is 17.5 Å². The van der Waals surface area contributed by atoms with Crippen LogP contribution in [0.25, 0.3) is 56.4 Å². The molecular formula is C46H31N3O. The molecule has 0 fully saturated rings. The van der Waals surface area contributed by atoms with Crippen LogP contribution in [0.1, 0.15) is 22.3 Å². The number of phenolic OH excluding ortho intramolecular Hbond substituents is 1. The monoisotopic (exact) mass is 641 g/mol. The Morgan fingerprint density at radius 3 is 1.38 bits per heavy atom. The van der Waals surface area contributed by atoms with Crippen molar-refractivity contribution in [2.75, 3.05) is 0 Å². The Labute approximate surface area is 291 Å². The molecule has 1 N–H and O–H groups in total. The van der Waals surface area contributed by atoms with Crippen LogP contribution >= 0.6 is 0 Å². The lowest BCUT2D eigenvalue weighted by molar-refractivity contribution is 0.461. The largest absolute Gasteiger partial charge is 0.508 e. The minimum absolute atomic E-state index is 0.274. The molecule has 7 aromatic carbocycles. The first-order valence-corrected chi connectivity index (χ1v) is 16.8. The van der Waals surface area contributed by atoms with Gasteiger partial charge in [-0.15, -0.1) is 0 Å². The maximum atomic E-state index is 11.4. The molecule has 1 aliphatic carbocycles. The van der Waals surface area contributed by atoms with E-state index in [-0.39, 0.29) is 5.75 Å². The van der Waals surface area contributed by atoms with Crippen LogP contribution in [0.15, 0.2) is 182 Å². The normalized spacial score (nSPS) is 14.6. The van der Waals surface area contributed by atoms with Crippen molar-refractivity contribution in [1.29, 1.82) is 0 Å². The van der Waals surface area contributed by atoms with Crippen LogP contribution in [0.3, 0.4) is 0 Å². The topological polar surface area (TPSA) is 58.9 Å². The Hall–Kier alpha value is -6.65. The van der Waals surface area contributed by atoms with Gasteiger partial charge in [0.15, 0.2) is 17.5 Å². The number of fused-ring (bicyclic) bond motifs is 3. The summed E-state index contributed by atoms with van der Waals surface area (Å²) in [4.78, 5) is 14.7. The summed E-state index contributed by atoms with van der Waals surface area (Å²) in [5.41, 5.74) is 10.9. The highest BCUT2D eigenvalue weighted by atomic mass is 16.3. The number of aromatic nitrogens is 3. The quantitative estimate of drug-likeness (QED) is 0.196. The predicted octanol–water partition coefficient (Wildman–Crippen LogP) is 10.6. The van der Waals surface area contributed by atoms with Crippen LogP contribution in [0.5, 0.6) is 5.75 Å². The van der Waals surface area contributed by atoms with Crippen molar-refractivity contribution in [2.45, 2.75) is 5.41 Å². The molecule has 1 atom stereocenters. The number of hydrogen-bond acceptors (Lipinski definition) is 4. The fraction of sp³-hybridized carbons (Fsp3) is 0.0217. The summed E-state index contributed by atoms with van der Waals surface area (Å²) in [5.74, 6) is 2.17. The Kier molecular flexibility index (Phi) is 7.14. The SMILES string of the molecule is Oc1ccccc1C1(c2ccccc2)c2ccccc2-c2c(-c3ccc(-c4nc(-c5ccccc5)nc(-c5ccccc5)n4)cc3)cccc21. The van der Waals surface area contributed by atoms with Crippen molar-refractivity contribution in [2.24, 2.45) is 0 Å². The number of rotatable bonds is 6. The van der Waals surface area contributed by atoms with Crippen LogP contribution < -0.4 is 0 Å². The van der Waals surface area contributed by atoms with Crippen LogP contribution in [-0.2, 0) is 5.41 Å². The van der Waals surface area contributed by atoms with E-state index in [2.05, 4.69) is 97.1 Å². The van der Waals surface area contributed by atoms with Crippen LogP contribution in [0, 0.1) is 0 Å². The van der Waals surface area contributed by atoms with Gasteiger partial charge in [0.1, 0.15) is 5.75 Å². The summed E-state index contributed by atoms with van der Waals surface area (Å²) in [5, 5.41) is 11.4. The maximum Gasteiger partial charge on any atom is 0.164 e. The third kappa shape index (κ3) is 4.73. The van der Waals surface area contributed by atoms with Crippen molar-refractivity contribution in [1.82, 2.24) is 15.0 Å². The Balaban J connectivity index is 1.21. The second-order valence-corrected chi connectivity index (χ2v) is 12.5. The fourth-order valence-electron chi connectivity index (χ4n) is 7.54. The van der Waals surface area contributed by atoms with Gasteiger partial charge in [0.25, 0.3) is 0 Å². The number of nitrogens with zero attached hydrogens (tertiary/aromatic N) is 3. The van der Waals surface area contributed by atoms with Gasteiger partial charge in [-0.05, 0) is 45.0 Å². The summed E-state index contributed by atoms with van der Waals surface area (Å²) >= 11 is 0. The maximum absolute atomic E-state index is 11.4. The van der Waals surface area contributed by atoms with Crippen molar-refractivity contribution >= 4 is 0 Å². The van der Waals surface area contributed by atoms with Gasteiger partial charge in [-0.2, -0.15) is 0 Å². The first-order valence-electron chi connectivity index (χ1n) is 16.8. The van der Waals surface area contributed by atoms with Gasteiger partial charge in [0.2, 0.25) is 0 Å². The molecule has 0 radical (unpaired) electrons. The lowest BCUT2D eigenvalue weighted by atomic mass is 9.67. The van der Waals surface area contributed by atoms with E-state index in [1.165, 1.54) is 5.56 Å². The van der Waals surface area contributed by atoms with Crippen LogP contribution in [-0.4, -0.2) is 20.1 Å². The van der Waals surface area contributed by atoms with E-state index >= 15 is 0 Å². The molecule has 0 saturated carbocycles. The molecule has 1 heterocycles. The molecule has 50 heavy (non-hydrogen) atoms. The third-order valence-corrected chi connectivity index (χ3v) is 9.74. The van der Waals surface area contributed by atoms with E-state index in [0.717, 1.165) is 55.6 Å². The number of hydrogen-bond donors (Lipinski definition) is 1. The molecule has 0 spiro atoms. The zero-order chi connectivity index (χ0) is 33.5. The number of phenols is 1. The van der Waals surface area contributed by atoms with E-state index in [9.17, 15) is 5.11 Å². The molecule has 8 aromatic rings. The molecular weight excluding hydrogens is 611 g/mol. The van der Waals surface area contributed by atoms with E-state index < -0.39 is 5.41 Å². The van der Waals surface area contributed by atoms with Gasteiger partial charge >= 0.3 is 0 Å². The average molecular weight is 642 g/mol. The Morgan fingerprint density at radius 1 is 0.340 bits per heavy atom. The van der Waals surface area contributed by atoms with Gasteiger partial charge in [0, 0.05) is 22.3 Å². The first-order chi connectivity index (χ1) is 24.7. The average Bonchev–Trinajstić information content (AvgIpc) is 3.50. The van der Waals surface area contributed by atoms with Gasteiger partial charge in [-0.25, -0.2) is 15.0 Å². The predicted molar refractivity (Wildman–Crippen MR) is 201 cm³/mol. The number of aromatic hydroxyl groups is 1.